The van der Waals surface area contributed by atoms with Crippen molar-refractivity contribution in [3.8, 4) is 0 Å². The van der Waals surface area contributed by atoms with Crippen LogP contribution in [0.2, 0.25) is 0 Å². The van der Waals surface area contributed by atoms with Crippen LogP contribution in [0, 0.1) is 5.92 Å². The minimum atomic E-state index is -4.48. The second-order valence-corrected chi connectivity index (χ2v) is 5.37. The second kappa shape index (κ2) is 5.48. The quantitative estimate of drug-likeness (QED) is 0.919. The molecule has 3 atom stereocenters. The first-order valence-electron chi connectivity index (χ1n) is 6.60. The molecule has 1 N–H and O–H groups in total. The predicted molar refractivity (Wildman–Crippen MR) is 64.5 cm³/mol. The van der Waals surface area contributed by atoms with Crippen LogP contribution in [0.1, 0.15) is 44.7 Å². The molecule has 3 unspecified atom stereocenters. The lowest BCUT2D eigenvalue weighted by Crippen LogP contribution is -2.29. The van der Waals surface area contributed by atoms with Gasteiger partial charge in [0.2, 0.25) is 0 Å². The highest BCUT2D eigenvalue weighted by Crippen LogP contribution is 2.28. The summed E-state index contributed by atoms with van der Waals surface area (Å²) in [6.07, 6.45) is -0.367. The van der Waals surface area contributed by atoms with E-state index in [1.54, 1.807) is 0 Å². The van der Waals surface area contributed by atoms with Crippen molar-refractivity contribution in [3.63, 3.8) is 0 Å². The first kappa shape index (κ1) is 14.3. The summed E-state index contributed by atoms with van der Waals surface area (Å²) in [6.45, 7) is 5.07. The molecule has 0 spiro atoms. The van der Waals surface area contributed by atoms with Crippen molar-refractivity contribution in [1.29, 1.82) is 0 Å². The number of halogens is 3. The second-order valence-electron chi connectivity index (χ2n) is 5.37. The molecule has 0 saturated carbocycles. The molecule has 19 heavy (non-hydrogen) atoms. The fraction of sp³-hybridized carbons (Fsp3) is 0.833. The van der Waals surface area contributed by atoms with Gasteiger partial charge in [-0.05, 0) is 31.7 Å². The smallest absolute Gasteiger partial charge is 0.314 e. The van der Waals surface area contributed by atoms with Crippen LogP contribution < -0.4 is 5.32 Å². The molecule has 1 aliphatic rings. The van der Waals surface area contributed by atoms with E-state index in [0.717, 1.165) is 25.6 Å². The SMILES string of the molecule is CC(CC(C)C1CCCN1)c1cn(C(F)(F)F)nn1. The van der Waals surface area contributed by atoms with Crippen LogP contribution in [0.4, 0.5) is 13.2 Å². The molecule has 1 fully saturated rings. The van der Waals surface area contributed by atoms with Crippen molar-refractivity contribution >= 4 is 0 Å². The summed E-state index contributed by atoms with van der Waals surface area (Å²) in [7, 11) is 0. The van der Waals surface area contributed by atoms with E-state index in [4.69, 9.17) is 0 Å². The lowest BCUT2D eigenvalue weighted by Gasteiger charge is -2.21. The molecule has 2 heterocycles. The summed E-state index contributed by atoms with van der Waals surface area (Å²) < 4.78 is 37.2. The van der Waals surface area contributed by atoms with Gasteiger partial charge < -0.3 is 5.32 Å². The van der Waals surface area contributed by atoms with Crippen LogP contribution in [0.5, 0.6) is 0 Å². The average Bonchev–Trinajstić information content (AvgIpc) is 3.00. The highest BCUT2D eigenvalue weighted by molar-refractivity contribution is 5.01. The summed E-state index contributed by atoms with van der Waals surface area (Å²) >= 11 is 0. The van der Waals surface area contributed by atoms with Crippen LogP contribution >= 0.6 is 0 Å². The topological polar surface area (TPSA) is 42.7 Å². The number of alkyl halides is 3. The van der Waals surface area contributed by atoms with Crippen molar-refractivity contribution in [3.05, 3.63) is 11.9 Å². The third-order valence-electron chi connectivity index (χ3n) is 3.79. The van der Waals surface area contributed by atoms with E-state index in [0.29, 0.717) is 17.7 Å². The Morgan fingerprint density at radius 2 is 2.21 bits per heavy atom. The van der Waals surface area contributed by atoms with Crippen LogP contribution in [-0.2, 0) is 6.30 Å². The molecule has 0 bridgehead atoms. The molecule has 7 heteroatoms. The Morgan fingerprint density at radius 3 is 2.74 bits per heavy atom. The lowest BCUT2D eigenvalue weighted by atomic mass is 9.89. The van der Waals surface area contributed by atoms with Crippen molar-refractivity contribution in [1.82, 2.24) is 20.3 Å². The molecule has 0 aromatic carbocycles. The van der Waals surface area contributed by atoms with Crippen molar-refractivity contribution in [2.45, 2.75) is 51.4 Å². The van der Waals surface area contributed by atoms with E-state index >= 15 is 0 Å². The predicted octanol–water partition coefficient (Wildman–Crippen LogP) is 2.64. The van der Waals surface area contributed by atoms with Gasteiger partial charge >= 0.3 is 6.30 Å². The van der Waals surface area contributed by atoms with Gasteiger partial charge in [0.05, 0.1) is 11.9 Å². The Morgan fingerprint density at radius 1 is 1.47 bits per heavy atom. The van der Waals surface area contributed by atoms with Gasteiger partial charge in [0.15, 0.2) is 0 Å². The third-order valence-corrected chi connectivity index (χ3v) is 3.79. The molecule has 1 saturated heterocycles. The van der Waals surface area contributed by atoms with Gasteiger partial charge in [-0.2, -0.15) is 4.68 Å². The molecule has 4 nitrogen and oxygen atoms in total. The average molecular weight is 276 g/mol. The monoisotopic (exact) mass is 276 g/mol. The third kappa shape index (κ3) is 3.46. The van der Waals surface area contributed by atoms with Crippen LogP contribution in [-0.4, -0.2) is 27.6 Å². The molecule has 1 aliphatic heterocycles. The molecular weight excluding hydrogens is 257 g/mol. The Kier molecular flexibility index (Phi) is 4.13. The minimum Gasteiger partial charge on any atom is -0.314 e. The summed E-state index contributed by atoms with van der Waals surface area (Å²) in [4.78, 5) is 0. The first-order valence-corrected chi connectivity index (χ1v) is 6.60. The lowest BCUT2D eigenvalue weighted by molar-refractivity contribution is -0.213. The largest absolute Gasteiger partial charge is 0.505 e. The van der Waals surface area contributed by atoms with Gasteiger partial charge in [-0.15, -0.1) is 18.3 Å². The Bertz CT molecular complexity index is 409. The maximum absolute atomic E-state index is 12.4. The normalized spacial score (nSPS) is 23.5. The van der Waals surface area contributed by atoms with Crippen molar-refractivity contribution in [2.24, 2.45) is 5.92 Å². The van der Waals surface area contributed by atoms with Crippen molar-refractivity contribution in [2.75, 3.05) is 6.54 Å². The molecule has 108 valence electrons. The standard InChI is InChI=1S/C12H19F3N4/c1-8(10-4-3-5-16-10)6-9(2)11-7-19(18-17-11)12(13,14)15/h7-10,16H,3-6H2,1-2H3. The van der Waals surface area contributed by atoms with Gasteiger partial charge in [0, 0.05) is 12.0 Å². The van der Waals surface area contributed by atoms with Gasteiger partial charge in [0.25, 0.3) is 0 Å². The Hall–Kier alpha value is -1.11. The number of nitrogens with one attached hydrogen (secondary N) is 1. The number of nitrogens with zero attached hydrogens (tertiary/aromatic N) is 3. The Labute approximate surface area is 110 Å². The van der Waals surface area contributed by atoms with Gasteiger partial charge in [-0.1, -0.05) is 19.1 Å². The fourth-order valence-electron chi connectivity index (χ4n) is 2.67. The molecule has 0 aliphatic carbocycles. The molecule has 0 amide bonds. The molecule has 1 aromatic rings. The highest BCUT2D eigenvalue weighted by Gasteiger charge is 2.33. The van der Waals surface area contributed by atoms with E-state index < -0.39 is 6.30 Å². The number of hydrogen-bond acceptors (Lipinski definition) is 3. The van der Waals surface area contributed by atoms with E-state index in [9.17, 15) is 13.2 Å². The van der Waals surface area contributed by atoms with Crippen molar-refractivity contribution < 1.29 is 13.2 Å². The molecule has 2 rings (SSSR count). The number of hydrogen-bond donors (Lipinski definition) is 1. The zero-order chi connectivity index (χ0) is 14.0. The zero-order valence-corrected chi connectivity index (χ0v) is 11.1. The van der Waals surface area contributed by atoms with Gasteiger partial charge in [-0.25, -0.2) is 0 Å². The molecule has 0 radical (unpaired) electrons. The number of rotatable bonds is 4. The maximum atomic E-state index is 12.4. The Balaban J connectivity index is 1.95. The van der Waals surface area contributed by atoms with Crippen LogP contribution in [0.3, 0.4) is 0 Å². The summed E-state index contributed by atoms with van der Waals surface area (Å²) in [5.41, 5.74) is 0.405. The zero-order valence-electron chi connectivity index (χ0n) is 11.1. The summed E-state index contributed by atoms with van der Waals surface area (Å²) in [5.74, 6) is 0.405. The van der Waals surface area contributed by atoms with E-state index in [2.05, 4.69) is 22.6 Å². The van der Waals surface area contributed by atoms with Gasteiger partial charge in [-0.3, -0.25) is 0 Å². The minimum absolute atomic E-state index is 0.0199. The van der Waals surface area contributed by atoms with Crippen LogP contribution in [0.15, 0.2) is 6.20 Å². The fourth-order valence-corrected chi connectivity index (χ4v) is 2.67. The first-order chi connectivity index (χ1) is 8.88. The summed E-state index contributed by atoms with van der Waals surface area (Å²) in [6, 6.07) is 0.472. The molecular formula is C12H19F3N4. The van der Waals surface area contributed by atoms with Gasteiger partial charge in [0.1, 0.15) is 0 Å². The summed E-state index contributed by atoms with van der Waals surface area (Å²) in [5, 5.41) is 10.2. The van der Waals surface area contributed by atoms with E-state index in [1.807, 2.05) is 6.92 Å². The highest BCUT2D eigenvalue weighted by atomic mass is 19.4. The van der Waals surface area contributed by atoms with E-state index in [-0.39, 0.29) is 10.6 Å². The van der Waals surface area contributed by atoms with E-state index in [1.165, 1.54) is 6.42 Å². The number of aromatic nitrogens is 3. The maximum Gasteiger partial charge on any atom is 0.505 e. The van der Waals surface area contributed by atoms with Crippen LogP contribution in [0.25, 0.3) is 0 Å². The molecule has 1 aromatic heterocycles.